The Balaban J connectivity index is 2.03. The highest BCUT2D eigenvalue weighted by molar-refractivity contribution is 6.30. The van der Waals surface area contributed by atoms with Gasteiger partial charge in [-0.05, 0) is 29.8 Å². The zero-order chi connectivity index (χ0) is 13.0. The third-order valence-electron chi connectivity index (χ3n) is 2.90. The Morgan fingerprint density at radius 1 is 1.06 bits per heavy atom. The Kier molecular flexibility index (Phi) is 4.24. The van der Waals surface area contributed by atoms with Gasteiger partial charge >= 0.3 is 0 Å². The zero-order valence-corrected chi connectivity index (χ0v) is 11.0. The van der Waals surface area contributed by atoms with Crippen molar-refractivity contribution < 1.29 is 5.11 Å². The molecule has 0 aromatic heterocycles. The number of aliphatic hydroxyl groups excluding tert-OH is 1. The molecule has 0 aliphatic rings. The number of hydrogen-bond donors (Lipinski definition) is 1. The second kappa shape index (κ2) is 5.89. The number of likely N-dealkylation sites (N-methyl/N-ethyl adjacent to an activating group) is 1. The molecule has 0 aliphatic heterocycles. The predicted molar refractivity (Wildman–Crippen MR) is 76.1 cm³/mol. The first kappa shape index (κ1) is 12.9. The van der Waals surface area contributed by atoms with Gasteiger partial charge in [-0.25, -0.2) is 0 Å². The third kappa shape index (κ3) is 3.25. The molecule has 1 N–H and O–H groups in total. The van der Waals surface area contributed by atoms with Crippen LogP contribution in [0.25, 0.3) is 0 Å². The molecule has 0 saturated carbocycles. The molecule has 0 spiro atoms. The first-order chi connectivity index (χ1) is 8.66. The highest BCUT2D eigenvalue weighted by atomic mass is 35.5. The van der Waals surface area contributed by atoms with Crippen molar-refractivity contribution in [1.29, 1.82) is 0 Å². The van der Waals surface area contributed by atoms with Crippen molar-refractivity contribution in [3.8, 4) is 0 Å². The molecule has 0 heterocycles. The van der Waals surface area contributed by atoms with Gasteiger partial charge < -0.3 is 10.0 Å². The van der Waals surface area contributed by atoms with Crippen molar-refractivity contribution in [2.75, 3.05) is 18.5 Å². The van der Waals surface area contributed by atoms with Crippen LogP contribution < -0.4 is 4.90 Å². The number of nitrogens with zero attached hydrogens (tertiary/aromatic N) is 1. The molecule has 0 amide bonds. The Labute approximate surface area is 112 Å². The molecule has 3 heteroatoms. The molecule has 0 radical (unpaired) electrons. The summed E-state index contributed by atoms with van der Waals surface area (Å²) in [5, 5.41) is 10.8. The smallest absolute Gasteiger partial charge is 0.0964 e. The fourth-order valence-corrected chi connectivity index (χ4v) is 1.96. The van der Waals surface area contributed by atoms with Crippen molar-refractivity contribution in [1.82, 2.24) is 0 Å². The Hall–Kier alpha value is -1.51. The monoisotopic (exact) mass is 261 g/mol. The van der Waals surface area contributed by atoms with Gasteiger partial charge in [0, 0.05) is 24.3 Å². The summed E-state index contributed by atoms with van der Waals surface area (Å²) in [6.45, 7) is 0.547. The molecule has 94 valence electrons. The summed E-state index contributed by atoms with van der Waals surface area (Å²) in [7, 11) is 1.97. The van der Waals surface area contributed by atoms with Crippen molar-refractivity contribution in [2.24, 2.45) is 0 Å². The molecule has 0 aliphatic carbocycles. The molecular weight excluding hydrogens is 246 g/mol. The van der Waals surface area contributed by atoms with E-state index in [4.69, 9.17) is 11.6 Å². The number of aliphatic hydroxyl groups is 1. The van der Waals surface area contributed by atoms with Gasteiger partial charge in [0.25, 0.3) is 0 Å². The van der Waals surface area contributed by atoms with E-state index in [2.05, 4.69) is 0 Å². The van der Waals surface area contributed by atoms with Gasteiger partial charge in [-0.1, -0.05) is 41.9 Å². The van der Waals surface area contributed by atoms with E-state index in [1.54, 1.807) is 12.1 Å². The van der Waals surface area contributed by atoms with Crippen LogP contribution >= 0.6 is 11.6 Å². The van der Waals surface area contributed by atoms with Gasteiger partial charge in [-0.15, -0.1) is 0 Å². The normalized spacial score (nSPS) is 12.2. The second-order valence-electron chi connectivity index (χ2n) is 4.28. The topological polar surface area (TPSA) is 23.5 Å². The maximum Gasteiger partial charge on any atom is 0.0964 e. The summed E-state index contributed by atoms with van der Waals surface area (Å²) < 4.78 is 0. The summed E-state index contributed by atoms with van der Waals surface area (Å²) in [5.41, 5.74) is 1.97. The molecule has 1 unspecified atom stereocenters. The summed E-state index contributed by atoms with van der Waals surface area (Å²) in [6, 6.07) is 17.3. The summed E-state index contributed by atoms with van der Waals surface area (Å²) in [4.78, 5) is 2.03. The average Bonchev–Trinajstić information content (AvgIpc) is 2.40. The molecule has 18 heavy (non-hydrogen) atoms. The van der Waals surface area contributed by atoms with Gasteiger partial charge in [0.15, 0.2) is 0 Å². The van der Waals surface area contributed by atoms with Gasteiger partial charge in [-0.2, -0.15) is 0 Å². The van der Waals surface area contributed by atoms with Gasteiger partial charge in [0.2, 0.25) is 0 Å². The molecule has 0 saturated heterocycles. The maximum absolute atomic E-state index is 10.2. The van der Waals surface area contributed by atoms with E-state index in [1.807, 2.05) is 54.4 Å². The van der Waals surface area contributed by atoms with Gasteiger partial charge in [0.05, 0.1) is 6.10 Å². The van der Waals surface area contributed by atoms with Crippen LogP contribution in [-0.2, 0) is 0 Å². The standard InChI is InChI=1S/C15H16ClNO/c1-17(14-5-3-2-4-6-14)11-15(18)12-7-9-13(16)10-8-12/h2-10,15,18H,11H2,1H3. The lowest BCUT2D eigenvalue weighted by atomic mass is 10.1. The maximum atomic E-state index is 10.2. The molecule has 2 rings (SSSR count). The predicted octanol–water partition coefficient (Wildman–Crippen LogP) is 3.51. The molecule has 2 aromatic carbocycles. The first-order valence-corrected chi connectivity index (χ1v) is 6.24. The second-order valence-corrected chi connectivity index (χ2v) is 4.72. The lowest BCUT2D eigenvalue weighted by molar-refractivity contribution is 0.185. The Morgan fingerprint density at radius 3 is 2.28 bits per heavy atom. The molecule has 2 aromatic rings. The SMILES string of the molecule is CN(CC(O)c1ccc(Cl)cc1)c1ccccc1. The van der Waals surface area contributed by atoms with Crippen molar-refractivity contribution in [2.45, 2.75) is 6.10 Å². The van der Waals surface area contributed by atoms with E-state index < -0.39 is 6.10 Å². The number of para-hydroxylation sites is 1. The van der Waals surface area contributed by atoms with E-state index in [-0.39, 0.29) is 0 Å². The number of rotatable bonds is 4. The number of hydrogen-bond acceptors (Lipinski definition) is 2. The number of benzene rings is 2. The minimum Gasteiger partial charge on any atom is -0.387 e. The fraction of sp³-hybridized carbons (Fsp3) is 0.200. The van der Waals surface area contributed by atoms with Crippen LogP contribution in [0, 0.1) is 0 Å². The van der Waals surface area contributed by atoms with Crippen LogP contribution in [0.5, 0.6) is 0 Å². The lowest BCUT2D eigenvalue weighted by Gasteiger charge is -2.23. The quantitative estimate of drug-likeness (QED) is 0.910. The Bertz CT molecular complexity index is 484. The minimum absolute atomic E-state index is 0.521. The first-order valence-electron chi connectivity index (χ1n) is 5.86. The molecular formula is C15H16ClNO. The van der Waals surface area contributed by atoms with E-state index >= 15 is 0 Å². The lowest BCUT2D eigenvalue weighted by Crippen LogP contribution is -2.23. The van der Waals surface area contributed by atoms with E-state index in [0.717, 1.165) is 11.3 Å². The van der Waals surface area contributed by atoms with Crippen LogP contribution in [0.1, 0.15) is 11.7 Å². The van der Waals surface area contributed by atoms with Crippen LogP contribution in [-0.4, -0.2) is 18.7 Å². The summed E-state index contributed by atoms with van der Waals surface area (Å²) in [6.07, 6.45) is -0.521. The van der Waals surface area contributed by atoms with Crippen LogP contribution in [0.4, 0.5) is 5.69 Å². The summed E-state index contributed by atoms with van der Waals surface area (Å²) in [5.74, 6) is 0. The Morgan fingerprint density at radius 2 is 1.67 bits per heavy atom. The average molecular weight is 262 g/mol. The number of anilines is 1. The molecule has 2 nitrogen and oxygen atoms in total. The largest absolute Gasteiger partial charge is 0.387 e. The van der Waals surface area contributed by atoms with Crippen molar-refractivity contribution >= 4 is 17.3 Å². The van der Waals surface area contributed by atoms with Crippen LogP contribution in [0.15, 0.2) is 54.6 Å². The minimum atomic E-state index is -0.521. The third-order valence-corrected chi connectivity index (χ3v) is 3.15. The zero-order valence-electron chi connectivity index (χ0n) is 10.3. The van der Waals surface area contributed by atoms with E-state index in [9.17, 15) is 5.11 Å². The highest BCUT2D eigenvalue weighted by Crippen LogP contribution is 2.19. The highest BCUT2D eigenvalue weighted by Gasteiger charge is 2.10. The van der Waals surface area contributed by atoms with Gasteiger partial charge in [-0.3, -0.25) is 0 Å². The summed E-state index contributed by atoms with van der Waals surface area (Å²) >= 11 is 5.83. The fourth-order valence-electron chi connectivity index (χ4n) is 1.84. The van der Waals surface area contributed by atoms with Crippen molar-refractivity contribution in [3.05, 3.63) is 65.2 Å². The van der Waals surface area contributed by atoms with Crippen LogP contribution in [0.2, 0.25) is 5.02 Å². The van der Waals surface area contributed by atoms with Crippen molar-refractivity contribution in [3.63, 3.8) is 0 Å². The molecule has 0 fully saturated rings. The van der Waals surface area contributed by atoms with Crippen LogP contribution in [0.3, 0.4) is 0 Å². The molecule has 0 bridgehead atoms. The molecule has 1 atom stereocenters. The van der Waals surface area contributed by atoms with Gasteiger partial charge in [0.1, 0.15) is 0 Å². The van der Waals surface area contributed by atoms with E-state index in [1.165, 1.54) is 0 Å². The van der Waals surface area contributed by atoms with E-state index in [0.29, 0.717) is 11.6 Å². The number of halogens is 1.